The lowest BCUT2D eigenvalue weighted by Crippen LogP contribution is -2.51. The number of rotatable bonds is 11. The third kappa shape index (κ3) is 7.95. The summed E-state index contributed by atoms with van der Waals surface area (Å²) >= 11 is 0. The normalized spacial score (nSPS) is 21.3. The molecule has 4 N–H and O–H groups in total. The van der Waals surface area contributed by atoms with E-state index in [4.69, 9.17) is 29.6 Å². The van der Waals surface area contributed by atoms with Gasteiger partial charge in [0.15, 0.2) is 0 Å². The van der Waals surface area contributed by atoms with Crippen LogP contribution < -0.4 is 10.6 Å². The number of amides is 4. The first-order chi connectivity index (χ1) is 30.9. The quantitative estimate of drug-likeness (QED) is 0.101. The number of carbonyl (C=O) groups excluding carboxylic acids is 4. The first-order valence-electron chi connectivity index (χ1n) is 22.8. The zero-order valence-corrected chi connectivity index (χ0v) is 37.4. The Morgan fingerprint density at radius 3 is 1.69 bits per heavy atom. The Balaban J connectivity index is 0.963. The smallest absolute Gasteiger partial charge is 0.407 e. The SMILES string of the molecule is COC(=O)N[C@H](C(=O)N1CCC[C@H]1c1ncc(-c2ccc(-c3nnc(-c4ccc5nc([C@@H]6CCCN6C(=O)[C@@H](NC(=O)OC)C(C)C)[nH]c5c4)c4c3C3CCC4CC3)cc2)[nH]1)C(C)C. The number of aromatic nitrogens is 6. The molecule has 5 heterocycles. The van der Waals surface area contributed by atoms with E-state index < -0.39 is 24.3 Å². The van der Waals surface area contributed by atoms with Gasteiger partial charge in [-0.2, -0.15) is 0 Å². The molecule has 2 aromatic carbocycles. The maximum Gasteiger partial charge on any atom is 0.407 e. The molecule has 2 bridgehead atoms. The van der Waals surface area contributed by atoms with Crippen LogP contribution in [0.25, 0.3) is 44.8 Å². The summed E-state index contributed by atoms with van der Waals surface area (Å²) < 4.78 is 9.60. The number of imidazole rings is 2. The Morgan fingerprint density at radius 1 is 0.656 bits per heavy atom. The molecular weight excluding hydrogens is 813 g/mol. The highest BCUT2D eigenvalue weighted by Gasteiger charge is 2.41. The zero-order chi connectivity index (χ0) is 44.8. The molecule has 16 heteroatoms. The topological polar surface area (TPSA) is 200 Å². The van der Waals surface area contributed by atoms with E-state index in [-0.39, 0.29) is 35.7 Å². The molecule has 336 valence electrons. The van der Waals surface area contributed by atoms with Gasteiger partial charge in [0.25, 0.3) is 0 Å². The molecule has 3 aromatic heterocycles. The van der Waals surface area contributed by atoms with Crippen molar-refractivity contribution in [2.24, 2.45) is 11.8 Å². The number of hydrogen-bond acceptors (Lipinski definition) is 10. The van der Waals surface area contributed by atoms with Crippen LogP contribution in [-0.4, -0.2) is 103 Å². The number of alkyl carbamates (subject to hydrolysis) is 2. The first kappa shape index (κ1) is 43.0. The van der Waals surface area contributed by atoms with Crippen LogP contribution in [0.4, 0.5) is 9.59 Å². The van der Waals surface area contributed by atoms with Crippen LogP contribution in [0, 0.1) is 11.8 Å². The van der Waals surface area contributed by atoms with Gasteiger partial charge in [0.05, 0.1) is 60.6 Å². The molecule has 5 aliphatic rings. The van der Waals surface area contributed by atoms with Crippen molar-refractivity contribution in [2.45, 2.75) is 115 Å². The van der Waals surface area contributed by atoms with Gasteiger partial charge < -0.3 is 39.9 Å². The van der Waals surface area contributed by atoms with Gasteiger partial charge in [-0.15, -0.1) is 10.2 Å². The number of nitrogens with one attached hydrogen (secondary N) is 4. The van der Waals surface area contributed by atoms with Crippen molar-refractivity contribution >= 4 is 35.0 Å². The number of hydrogen-bond donors (Lipinski definition) is 4. The van der Waals surface area contributed by atoms with Gasteiger partial charge in [-0.1, -0.05) is 58.0 Å². The van der Waals surface area contributed by atoms with E-state index in [0.717, 1.165) is 108 Å². The summed E-state index contributed by atoms with van der Waals surface area (Å²) in [6, 6.07) is 12.8. The number of methoxy groups -OCH3 is 2. The summed E-state index contributed by atoms with van der Waals surface area (Å²) in [7, 11) is 2.59. The Hall–Kier alpha value is -6.32. The highest BCUT2D eigenvalue weighted by Crippen LogP contribution is 2.54. The minimum atomic E-state index is -0.703. The third-order valence-corrected chi connectivity index (χ3v) is 13.9. The van der Waals surface area contributed by atoms with Gasteiger partial charge in [-0.3, -0.25) is 9.59 Å². The molecule has 4 amide bonds. The molecule has 4 atom stereocenters. The van der Waals surface area contributed by atoms with Crippen LogP contribution in [0.3, 0.4) is 0 Å². The van der Waals surface area contributed by atoms with Crippen LogP contribution in [0.2, 0.25) is 0 Å². The maximum atomic E-state index is 13.8. The van der Waals surface area contributed by atoms with E-state index in [0.29, 0.717) is 24.9 Å². The van der Waals surface area contributed by atoms with E-state index in [1.807, 2.05) is 49.8 Å². The average Bonchev–Trinajstić information content (AvgIpc) is 4.16. The highest BCUT2D eigenvalue weighted by atomic mass is 16.5. The molecule has 64 heavy (non-hydrogen) atoms. The van der Waals surface area contributed by atoms with Crippen molar-refractivity contribution in [1.82, 2.24) is 50.6 Å². The van der Waals surface area contributed by atoms with E-state index in [9.17, 15) is 19.2 Å². The minimum absolute atomic E-state index is 0.112. The van der Waals surface area contributed by atoms with Crippen molar-refractivity contribution in [2.75, 3.05) is 27.3 Å². The second-order valence-corrected chi connectivity index (χ2v) is 18.5. The number of ether oxygens (including phenoxy) is 2. The lowest BCUT2D eigenvalue weighted by Gasteiger charge is -2.40. The fourth-order valence-corrected chi connectivity index (χ4v) is 10.6. The molecule has 1 saturated carbocycles. The van der Waals surface area contributed by atoms with Gasteiger partial charge >= 0.3 is 12.2 Å². The molecule has 16 nitrogen and oxygen atoms in total. The monoisotopic (exact) mass is 870 g/mol. The van der Waals surface area contributed by atoms with Crippen molar-refractivity contribution in [3.8, 4) is 33.8 Å². The van der Waals surface area contributed by atoms with E-state index in [1.54, 1.807) is 0 Å². The number of nitrogens with zero attached hydrogens (tertiary/aromatic N) is 6. The third-order valence-electron chi connectivity index (χ3n) is 13.9. The Bertz CT molecular complexity index is 2560. The summed E-state index contributed by atoms with van der Waals surface area (Å²) in [6.07, 6.45) is 8.33. The second-order valence-electron chi connectivity index (χ2n) is 18.5. The summed E-state index contributed by atoms with van der Waals surface area (Å²) in [6.45, 7) is 8.82. The van der Waals surface area contributed by atoms with Gasteiger partial charge in [0.1, 0.15) is 23.7 Å². The molecule has 2 saturated heterocycles. The second kappa shape index (κ2) is 17.7. The standard InChI is InChI=1S/C48H58N10O6/c1-25(2)39(53-47(61)63-5)45(59)57-21-7-9-35(57)43-49-24-34(52-43)27-11-17-30(18-12-27)41-37-28-13-15-29(16-14-28)38(37)42(56-55-41)31-19-20-32-33(23-31)51-44(50-32)36-10-8-22-58(36)46(60)40(26(3)4)54-48(62)64-6/h11-12,17-20,23-26,28-29,35-36,39-40H,7-10,13-16,21-22H2,1-6H3,(H,49,52)(H,50,51)(H,53,61)(H,54,62)/t28?,29?,35-,36-,39-,40-/m0/s1. The molecule has 0 radical (unpaired) electrons. The van der Waals surface area contributed by atoms with Gasteiger partial charge in [0, 0.05) is 24.2 Å². The minimum Gasteiger partial charge on any atom is -0.453 e. The van der Waals surface area contributed by atoms with Crippen LogP contribution in [0.5, 0.6) is 0 Å². The lowest BCUT2D eigenvalue weighted by atomic mass is 9.65. The van der Waals surface area contributed by atoms with Crippen LogP contribution >= 0.6 is 0 Å². The highest BCUT2D eigenvalue weighted by molar-refractivity contribution is 5.88. The van der Waals surface area contributed by atoms with E-state index >= 15 is 0 Å². The Labute approximate surface area is 372 Å². The predicted molar refractivity (Wildman–Crippen MR) is 240 cm³/mol. The molecule has 5 aromatic rings. The van der Waals surface area contributed by atoms with Crippen LogP contribution in [0.1, 0.15) is 126 Å². The van der Waals surface area contributed by atoms with Gasteiger partial charge in [-0.25, -0.2) is 19.6 Å². The van der Waals surface area contributed by atoms with Gasteiger partial charge in [-0.05, 0) is 104 Å². The van der Waals surface area contributed by atoms with Crippen LogP contribution in [-0.2, 0) is 19.1 Å². The molecule has 0 unspecified atom stereocenters. The fourth-order valence-electron chi connectivity index (χ4n) is 10.6. The number of H-pyrrole nitrogens is 2. The molecular formula is C48H58N10O6. The molecule has 3 aliphatic carbocycles. The van der Waals surface area contributed by atoms with Crippen LogP contribution in [0.15, 0.2) is 48.7 Å². The fraction of sp³-hybridized carbons (Fsp3) is 0.500. The Morgan fingerprint density at radius 2 is 1.16 bits per heavy atom. The first-order valence-corrected chi connectivity index (χ1v) is 22.8. The summed E-state index contributed by atoms with van der Waals surface area (Å²) in [5, 5.41) is 15.4. The van der Waals surface area contributed by atoms with Crippen molar-refractivity contribution in [3.05, 3.63) is 71.4 Å². The predicted octanol–water partition coefficient (Wildman–Crippen LogP) is 7.92. The molecule has 2 aliphatic heterocycles. The Kier molecular flexibility index (Phi) is 11.9. The summed E-state index contributed by atoms with van der Waals surface area (Å²) in [4.78, 5) is 72.1. The van der Waals surface area contributed by atoms with E-state index in [2.05, 4.69) is 57.0 Å². The zero-order valence-electron chi connectivity index (χ0n) is 37.4. The van der Waals surface area contributed by atoms with Crippen molar-refractivity contribution in [1.29, 1.82) is 0 Å². The maximum absolute atomic E-state index is 13.8. The summed E-state index contributed by atoms with van der Waals surface area (Å²) in [5.41, 5.74) is 9.98. The van der Waals surface area contributed by atoms with Gasteiger partial charge in [0.2, 0.25) is 11.8 Å². The molecule has 3 fully saturated rings. The number of likely N-dealkylation sites (tertiary alicyclic amines) is 2. The average molecular weight is 871 g/mol. The number of aromatic amines is 2. The molecule has 0 spiro atoms. The number of carbonyl (C=O) groups is 4. The largest absolute Gasteiger partial charge is 0.453 e. The van der Waals surface area contributed by atoms with Crippen molar-refractivity contribution < 1.29 is 28.7 Å². The number of fused-ring (bicyclic) bond motifs is 3. The number of benzene rings is 2. The lowest BCUT2D eigenvalue weighted by molar-refractivity contribution is -0.136. The summed E-state index contributed by atoms with van der Waals surface area (Å²) in [5.74, 6) is 1.76. The van der Waals surface area contributed by atoms with E-state index in [1.165, 1.54) is 25.3 Å². The van der Waals surface area contributed by atoms with Crippen molar-refractivity contribution in [3.63, 3.8) is 0 Å². The molecule has 10 rings (SSSR count).